The Morgan fingerprint density at radius 2 is 1.89 bits per heavy atom. The molecular weight excluding hydrogens is 632 g/mol. The molecule has 2 atom stereocenters. The predicted molar refractivity (Wildman–Crippen MR) is 175 cm³/mol. The fraction of sp³-hybridized carbons (Fsp3) is 0.235. The number of amides is 1. The Hall–Kier alpha value is -4.60. The summed E-state index contributed by atoms with van der Waals surface area (Å²) < 4.78 is 26.0. The molecule has 0 spiro atoms. The van der Waals surface area contributed by atoms with Gasteiger partial charge in [0.05, 0.1) is 6.61 Å². The van der Waals surface area contributed by atoms with Gasteiger partial charge in [-0.1, -0.05) is 70.8 Å². The highest BCUT2D eigenvalue weighted by molar-refractivity contribution is 6.35. The topological polar surface area (TPSA) is 129 Å². The van der Waals surface area contributed by atoms with Crippen LogP contribution >= 0.6 is 23.2 Å². The molecule has 236 valence electrons. The minimum atomic E-state index is -1.62. The molecule has 5 rings (SSSR count). The summed E-state index contributed by atoms with van der Waals surface area (Å²) in [5.74, 6) is -0.0394. The maximum absolute atomic E-state index is 14.5. The number of hydrogen-bond donors (Lipinski definition) is 2. The van der Waals surface area contributed by atoms with Gasteiger partial charge in [-0.25, -0.2) is 9.38 Å². The van der Waals surface area contributed by atoms with Gasteiger partial charge in [-0.05, 0) is 71.6 Å². The van der Waals surface area contributed by atoms with Crippen LogP contribution in [0, 0.1) is 5.82 Å². The zero-order valence-corrected chi connectivity index (χ0v) is 26.1. The van der Waals surface area contributed by atoms with Gasteiger partial charge < -0.3 is 19.9 Å². The van der Waals surface area contributed by atoms with Crippen LogP contribution in [0.5, 0.6) is 5.75 Å². The van der Waals surface area contributed by atoms with Crippen LogP contribution in [0.4, 0.5) is 10.1 Å². The van der Waals surface area contributed by atoms with Crippen molar-refractivity contribution in [2.24, 2.45) is 10.1 Å². The lowest BCUT2D eigenvalue weighted by molar-refractivity contribution is -0.128. The second kappa shape index (κ2) is 15.1. The second-order valence-corrected chi connectivity index (χ2v) is 11.4. The lowest BCUT2D eigenvalue weighted by atomic mass is 9.81. The van der Waals surface area contributed by atoms with Crippen molar-refractivity contribution < 1.29 is 23.8 Å². The van der Waals surface area contributed by atoms with Gasteiger partial charge in [0, 0.05) is 57.8 Å². The standard InChI is InChI=1S/C34H30Cl2FN5O4/c35-25-11-14-28(29(36)20-25)31-34(21-24-6-1-2-8-30(24)41-42-38,33(44)39-16-15-22-5-3-7-26(37)19-22)40-32(46-31)23-9-12-27(13-10-23)45-18-4-17-43/h1-3,5-14,19-20,31,43H,4,15-18,21H2,(H,39,44)/t31-,34-/m1/s1. The highest BCUT2D eigenvalue weighted by atomic mass is 35.5. The maximum atomic E-state index is 14.5. The summed E-state index contributed by atoms with van der Waals surface area (Å²) in [5.41, 5.74) is 10.3. The van der Waals surface area contributed by atoms with Crippen molar-refractivity contribution in [1.29, 1.82) is 0 Å². The summed E-state index contributed by atoms with van der Waals surface area (Å²) in [4.78, 5) is 22.4. The van der Waals surface area contributed by atoms with Gasteiger partial charge in [0.25, 0.3) is 5.91 Å². The molecule has 0 saturated carbocycles. The maximum Gasteiger partial charge on any atom is 0.252 e. The third kappa shape index (κ3) is 7.61. The van der Waals surface area contributed by atoms with Crippen molar-refractivity contribution in [3.63, 3.8) is 0 Å². The van der Waals surface area contributed by atoms with Crippen LogP contribution in [0.2, 0.25) is 10.0 Å². The van der Waals surface area contributed by atoms with E-state index in [0.717, 1.165) is 0 Å². The van der Waals surface area contributed by atoms with Crippen LogP contribution in [0.25, 0.3) is 10.4 Å². The van der Waals surface area contributed by atoms with Crippen LogP contribution in [-0.4, -0.2) is 42.2 Å². The Balaban J connectivity index is 1.58. The van der Waals surface area contributed by atoms with Gasteiger partial charge in [-0.2, -0.15) is 0 Å². The van der Waals surface area contributed by atoms with E-state index in [1.807, 2.05) is 0 Å². The van der Waals surface area contributed by atoms with Crippen molar-refractivity contribution in [3.8, 4) is 5.75 Å². The predicted octanol–water partition coefficient (Wildman–Crippen LogP) is 7.69. The lowest BCUT2D eigenvalue weighted by Gasteiger charge is -2.31. The molecule has 0 unspecified atom stereocenters. The van der Waals surface area contributed by atoms with Gasteiger partial charge in [0.2, 0.25) is 5.90 Å². The van der Waals surface area contributed by atoms with E-state index in [9.17, 15) is 14.7 Å². The monoisotopic (exact) mass is 661 g/mol. The molecular formula is C34H30Cl2FN5O4. The molecule has 0 bridgehead atoms. The van der Waals surface area contributed by atoms with Crippen molar-refractivity contribution in [2.45, 2.75) is 30.9 Å². The number of carbonyl (C=O) groups is 1. The molecule has 0 aromatic heterocycles. The molecule has 46 heavy (non-hydrogen) atoms. The number of carbonyl (C=O) groups excluding carboxylic acids is 1. The number of hydrogen-bond acceptors (Lipinski definition) is 6. The van der Waals surface area contributed by atoms with Gasteiger partial charge in [-0.3, -0.25) is 4.79 Å². The number of ether oxygens (including phenoxy) is 2. The fourth-order valence-corrected chi connectivity index (χ4v) is 5.74. The molecule has 4 aromatic rings. The van der Waals surface area contributed by atoms with E-state index in [-0.39, 0.29) is 36.3 Å². The first kappa shape index (κ1) is 32.8. The highest BCUT2D eigenvalue weighted by Crippen LogP contribution is 2.46. The molecule has 0 fully saturated rings. The number of nitrogens with zero attached hydrogens (tertiary/aromatic N) is 4. The Kier molecular flexibility index (Phi) is 10.8. The minimum Gasteiger partial charge on any atom is -0.494 e. The Morgan fingerprint density at radius 1 is 1.09 bits per heavy atom. The molecule has 1 amide bonds. The molecule has 1 aliphatic rings. The second-order valence-electron chi connectivity index (χ2n) is 10.6. The summed E-state index contributed by atoms with van der Waals surface area (Å²) in [7, 11) is 0. The van der Waals surface area contributed by atoms with Crippen molar-refractivity contribution in [3.05, 3.63) is 140 Å². The average Bonchev–Trinajstić information content (AvgIpc) is 3.42. The number of aliphatic hydroxyl groups is 1. The average molecular weight is 663 g/mol. The van der Waals surface area contributed by atoms with E-state index in [4.69, 9.17) is 42.8 Å². The van der Waals surface area contributed by atoms with E-state index >= 15 is 0 Å². The number of aliphatic hydroxyl groups excluding tert-OH is 1. The minimum absolute atomic E-state index is 0.0104. The van der Waals surface area contributed by atoms with E-state index in [1.165, 1.54) is 12.1 Å². The lowest BCUT2D eigenvalue weighted by Crippen LogP contribution is -2.50. The molecule has 9 nitrogen and oxygen atoms in total. The van der Waals surface area contributed by atoms with Gasteiger partial charge >= 0.3 is 0 Å². The zero-order chi connectivity index (χ0) is 32.5. The first-order valence-electron chi connectivity index (χ1n) is 14.5. The van der Waals surface area contributed by atoms with E-state index in [0.29, 0.717) is 58.2 Å². The molecule has 0 aliphatic carbocycles. The summed E-state index contributed by atoms with van der Waals surface area (Å²) in [6.45, 7) is 0.564. The molecule has 2 N–H and O–H groups in total. The Labute approximate surface area is 275 Å². The smallest absolute Gasteiger partial charge is 0.252 e. The highest BCUT2D eigenvalue weighted by Gasteiger charge is 2.54. The molecule has 0 radical (unpaired) electrons. The molecule has 1 aliphatic heterocycles. The summed E-state index contributed by atoms with van der Waals surface area (Å²) >= 11 is 12.9. The number of rotatable bonds is 13. The van der Waals surface area contributed by atoms with E-state index in [2.05, 4.69) is 15.3 Å². The number of azide groups is 1. The third-order valence-corrected chi connectivity index (χ3v) is 8.03. The van der Waals surface area contributed by atoms with Crippen LogP contribution in [0.3, 0.4) is 0 Å². The quantitative estimate of drug-likeness (QED) is 0.0658. The summed E-state index contributed by atoms with van der Waals surface area (Å²) in [5, 5.41) is 16.6. The number of aliphatic imine (C=N–C) groups is 1. The van der Waals surface area contributed by atoms with Gasteiger partial charge in [0.1, 0.15) is 11.6 Å². The fourth-order valence-electron chi connectivity index (χ4n) is 5.24. The van der Waals surface area contributed by atoms with Crippen molar-refractivity contribution in [1.82, 2.24) is 5.32 Å². The molecule has 12 heteroatoms. The van der Waals surface area contributed by atoms with Gasteiger partial charge in [0.15, 0.2) is 11.6 Å². The first-order chi connectivity index (χ1) is 22.3. The van der Waals surface area contributed by atoms with Crippen molar-refractivity contribution in [2.75, 3.05) is 19.8 Å². The SMILES string of the molecule is [N-]=[N+]=Nc1ccccc1C[C@@]1(C(=O)NCCc2cccc(F)c2)N=C(c2ccc(OCCCO)cc2)O[C@@H]1c1ccc(Cl)cc1Cl. The van der Waals surface area contributed by atoms with Crippen LogP contribution in [0.1, 0.15) is 34.8 Å². The third-order valence-electron chi connectivity index (χ3n) is 7.47. The number of nitrogens with one attached hydrogen (secondary N) is 1. The van der Waals surface area contributed by atoms with Crippen LogP contribution in [-0.2, 0) is 22.4 Å². The van der Waals surface area contributed by atoms with E-state index in [1.54, 1.807) is 78.9 Å². The molecule has 0 saturated heterocycles. The van der Waals surface area contributed by atoms with E-state index < -0.39 is 17.6 Å². The Morgan fingerprint density at radius 3 is 2.63 bits per heavy atom. The van der Waals surface area contributed by atoms with Gasteiger partial charge in [-0.15, -0.1) is 0 Å². The van der Waals surface area contributed by atoms with Crippen LogP contribution < -0.4 is 10.1 Å². The first-order valence-corrected chi connectivity index (χ1v) is 15.3. The number of benzene rings is 4. The van der Waals surface area contributed by atoms with Crippen LogP contribution in [0.15, 0.2) is 101 Å². The summed E-state index contributed by atoms with van der Waals surface area (Å²) in [6.07, 6.45) is -0.157. The molecule has 1 heterocycles. The summed E-state index contributed by atoms with van der Waals surface area (Å²) in [6, 6.07) is 25.0. The number of halogens is 3. The Bertz CT molecular complexity index is 1780. The molecule has 4 aromatic carbocycles. The zero-order valence-electron chi connectivity index (χ0n) is 24.6. The van der Waals surface area contributed by atoms with Crippen molar-refractivity contribution >= 4 is 40.7 Å². The largest absolute Gasteiger partial charge is 0.494 e. The normalized spacial score (nSPS) is 17.0.